The van der Waals surface area contributed by atoms with Crippen LogP contribution in [-0.2, 0) is 6.42 Å². The molecule has 3 heteroatoms. The van der Waals surface area contributed by atoms with Gasteiger partial charge in [0.1, 0.15) is 0 Å². The molecule has 0 aliphatic carbocycles. The summed E-state index contributed by atoms with van der Waals surface area (Å²) < 4.78 is 0. The summed E-state index contributed by atoms with van der Waals surface area (Å²) in [5.41, 5.74) is 8.38. The molecule has 0 saturated heterocycles. The summed E-state index contributed by atoms with van der Waals surface area (Å²) in [4.78, 5) is 11.5. The summed E-state index contributed by atoms with van der Waals surface area (Å²) in [6.45, 7) is 11.2. The molecule has 1 unspecified atom stereocenters. The molecule has 0 radical (unpaired) electrons. The Kier molecular flexibility index (Phi) is 6.62. The number of nitrogens with zero attached hydrogens (tertiary/aromatic N) is 2. The number of hydrogen-bond donors (Lipinski definition) is 0. The fourth-order valence-corrected chi connectivity index (χ4v) is 5.33. The van der Waals surface area contributed by atoms with Gasteiger partial charge in [0, 0.05) is 16.2 Å². The van der Waals surface area contributed by atoms with Crippen molar-refractivity contribution in [3.63, 3.8) is 0 Å². The second-order valence-corrected chi connectivity index (χ2v) is 10.2. The van der Waals surface area contributed by atoms with Crippen molar-refractivity contribution >= 4 is 35.1 Å². The second kappa shape index (κ2) is 9.40. The van der Waals surface area contributed by atoms with Crippen LogP contribution < -0.4 is 0 Å². The molecule has 0 aromatic heterocycles. The molecule has 0 fully saturated rings. The second-order valence-electron chi connectivity index (χ2n) is 9.04. The van der Waals surface area contributed by atoms with Crippen LogP contribution in [0.1, 0.15) is 68.7 Å². The van der Waals surface area contributed by atoms with Gasteiger partial charge in [-0.3, -0.25) is 4.99 Å². The zero-order valence-electron chi connectivity index (χ0n) is 19.2. The van der Waals surface area contributed by atoms with Crippen molar-refractivity contribution in [2.75, 3.05) is 5.75 Å². The van der Waals surface area contributed by atoms with Crippen molar-refractivity contribution in [3.8, 4) is 0 Å². The fraction of sp³-hybridized carbons (Fsp3) is 0.357. The van der Waals surface area contributed by atoms with Crippen molar-refractivity contribution in [2.24, 2.45) is 15.9 Å². The summed E-state index contributed by atoms with van der Waals surface area (Å²) in [5, 5.41) is 0. The molecule has 2 aromatic carbocycles. The topological polar surface area (TPSA) is 24.7 Å². The van der Waals surface area contributed by atoms with Crippen LogP contribution in [0.4, 0.5) is 5.69 Å². The quantitative estimate of drug-likeness (QED) is 0.443. The molecule has 1 atom stereocenters. The van der Waals surface area contributed by atoms with Gasteiger partial charge in [-0.05, 0) is 53.0 Å². The maximum Gasteiger partial charge on any atom is 0.0816 e. The molecule has 2 aliphatic rings. The minimum Gasteiger partial charge on any atom is -0.254 e. The van der Waals surface area contributed by atoms with E-state index in [1.54, 1.807) is 0 Å². The van der Waals surface area contributed by atoms with E-state index in [2.05, 4.69) is 89.2 Å². The Morgan fingerprint density at radius 1 is 1.03 bits per heavy atom. The minimum atomic E-state index is 0.337. The van der Waals surface area contributed by atoms with E-state index < -0.39 is 0 Å². The lowest BCUT2D eigenvalue weighted by Crippen LogP contribution is -2.00. The van der Waals surface area contributed by atoms with Crippen molar-refractivity contribution in [3.05, 3.63) is 76.9 Å². The first-order chi connectivity index (χ1) is 14.9. The number of thioether (sulfide) groups is 1. The van der Waals surface area contributed by atoms with E-state index in [-0.39, 0.29) is 0 Å². The Hall–Kier alpha value is -2.39. The highest BCUT2D eigenvalue weighted by Crippen LogP contribution is 2.37. The predicted octanol–water partition coefficient (Wildman–Crippen LogP) is 7.97. The Balaban J connectivity index is 1.74. The summed E-state index contributed by atoms with van der Waals surface area (Å²) in [5.74, 6) is 2.36. The minimum absolute atomic E-state index is 0.337. The third-order valence-corrected chi connectivity index (χ3v) is 7.03. The van der Waals surface area contributed by atoms with Crippen LogP contribution in [0.2, 0.25) is 0 Å². The number of aliphatic imine (C=N–C) groups is 2. The maximum absolute atomic E-state index is 5.07. The van der Waals surface area contributed by atoms with Gasteiger partial charge in [0.25, 0.3) is 0 Å². The molecule has 0 amide bonds. The smallest absolute Gasteiger partial charge is 0.0816 e. The number of fused-ring (bicyclic) bond motifs is 1. The average Bonchev–Trinajstić information content (AvgIpc) is 3.15. The molecule has 2 aliphatic heterocycles. The van der Waals surface area contributed by atoms with E-state index in [0.717, 1.165) is 29.3 Å². The van der Waals surface area contributed by atoms with Gasteiger partial charge in [-0.15, -0.1) is 11.8 Å². The first-order valence-electron chi connectivity index (χ1n) is 11.3. The number of allylic oxidation sites excluding steroid dienone is 3. The van der Waals surface area contributed by atoms with Gasteiger partial charge < -0.3 is 0 Å². The predicted molar refractivity (Wildman–Crippen MR) is 137 cm³/mol. The Labute approximate surface area is 191 Å². The largest absolute Gasteiger partial charge is 0.254 e. The van der Waals surface area contributed by atoms with Gasteiger partial charge in [-0.25, -0.2) is 4.99 Å². The highest BCUT2D eigenvalue weighted by atomic mass is 32.2. The maximum atomic E-state index is 5.07. The normalized spacial score (nSPS) is 18.5. The molecular formula is C28H32N2S. The number of hydrogen-bond acceptors (Lipinski definition) is 3. The molecule has 0 N–H and O–H groups in total. The first kappa shape index (κ1) is 21.8. The van der Waals surface area contributed by atoms with Gasteiger partial charge >= 0.3 is 0 Å². The van der Waals surface area contributed by atoms with E-state index in [1.165, 1.54) is 27.1 Å². The van der Waals surface area contributed by atoms with Crippen LogP contribution in [0.3, 0.4) is 0 Å². The van der Waals surface area contributed by atoms with Crippen LogP contribution in [0.25, 0.3) is 5.70 Å². The molecule has 0 bridgehead atoms. The molecule has 2 nitrogen and oxygen atoms in total. The van der Waals surface area contributed by atoms with E-state index >= 15 is 0 Å². The molecule has 2 aromatic rings. The third-order valence-electron chi connectivity index (χ3n) is 5.93. The Bertz CT molecular complexity index is 1060. The number of benzene rings is 2. The highest BCUT2D eigenvalue weighted by molar-refractivity contribution is 7.99. The van der Waals surface area contributed by atoms with Gasteiger partial charge in [0.2, 0.25) is 0 Å². The zero-order chi connectivity index (χ0) is 22.0. The van der Waals surface area contributed by atoms with E-state index in [9.17, 15) is 0 Å². The highest BCUT2D eigenvalue weighted by Gasteiger charge is 2.18. The van der Waals surface area contributed by atoms with Crippen LogP contribution in [0, 0.1) is 5.92 Å². The Morgan fingerprint density at radius 3 is 2.45 bits per heavy atom. The monoisotopic (exact) mass is 428 g/mol. The summed E-state index contributed by atoms with van der Waals surface area (Å²) in [6.07, 6.45) is 9.68. The molecular weight excluding hydrogens is 396 g/mol. The lowest BCUT2D eigenvalue weighted by atomic mass is 9.93. The van der Waals surface area contributed by atoms with Gasteiger partial charge in [-0.1, -0.05) is 77.1 Å². The number of rotatable bonds is 5. The van der Waals surface area contributed by atoms with Gasteiger partial charge in [0.05, 0.1) is 23.3 Å². The first-order valence-corrected chi connectivity index (χ1v) is 12.3. The number of para-hydroxylation sites is 1. The molecule has 31 heavy (non-hydrogen) atoms. The standard InChI is InChI=1S/C28H32N2S/c1-18(2)22-8-6-9-23(19(3)4)28(22)29-17-21-13-12-20(5)16-26(30-21)24-10-7-11-27-25(24)14-15-31-27/h6-13,16-20H,14-15H2,1-5H3. The van der Waals surface area contributed by atoms with Crippen molar-refractivity contribution in [1.29, 1.82) is 0 Å². The van der Waals surface area contributed by atoms with Crippen molar-refractivity contribution < 1.29 is 0 Å². The van der Waals surface area contributed by atoms with E-state index in [4.69, 9.17) is 9.98 Å². The zero-order valence-corrected chi connectivity index (χ0v) is 20.0. The van der Waals surface area contributed by atoms with Gasteiger partial charge in [-0.2, -0.15) is 0 Å². The van der Waals surface area contributed by atoms with Crippen LogP contribution in [0.5, 0.6) is 0 Å². The van der Waals surface area contributed by atoms with Crippen LogP contribution >= 0.6 is 11.8 Å². The molecule has 2 heterocycles. The molecule has 0 spiro atoms. The van der Waals surface area contributed by atoms with E-state index in [0.29, 0.717) is 17.8 Å². The van der Waals surface area contributed by atoms with Crippen LogP contribution in [-0.4, -0.2) is 17.7 Å². The summed E-state index contributed by atoms with van der Waals surface area (Å²) in [6, 6.07) is 13.2. The van der Waals surface area contributed by atoms with Crippen molar-refractivity contribution in [1.82, 2.24) is 0 Å². The Morgan fingerprint density at radius 2 is 1.74 bits per heavy atom. The fourth-order valence-electron chi connectivity index (χ4n) is 4.24. The summed E-state index contributed by atoms with van der Waals surface area (Å²) in [7, 11) is 0. The summed E-state index contributed by atoms with van der Waals surface area (Å²) >= 11 is 1.95. The molecule has 0 saturated carbocycles. The van der Waals surface area contributed by atoms with E-state index in [1.807, 2.05) is 18.0 Å². The van der Waals surface area contributed by atoms with Gasteiger partial charge in [0.15, 0.2) is 0 Å². The van der Waals surface area contributed by atoms with Crippen molar-refractivity contribution in [2.45, 2.75) is 57.8 Å². The molecule has 160 valence electrons. The average molecular weight is 429 g/mol. The third kappa shape index (κ3) is 4.77. The van der Waals surface area contributed by atoms with Crippen LogP contribution in [0.15, 0.2) is 69.5 Å². The molecule has 4 rings (SSSR count). The lowest BCUT2D eigenvalue weighted by Gasteiger charge is -2.16. The lowest BCUT2D eigenvalue weighted by molar-refractivity contribution is 0.835. The SMILES string of the molecule is CC1C=CC(C=Nc2c(C(C)C)cccc2C(C)C)=NC(c2cccc3c2CCS3)=C1.